The smallest absolute Gasteiger partial charge is 0.319 e. The van der Waals surface area contributed by atoms with E-state index in [1.807, 2.05) is 13.0 Å². The molecule has 3 nitrogen and oxygen atoms in total. The summed E-state index contributed by atoms with van der Waals surface area (Å²) in [5.41, 5.74) is -0.286. The third-order valence-electron chi connectivity index (χ3n) is 3.39. The minimum atomic E-state index is -1.01. The number of ether oxygens (including phenoxy) is 1. The van der Waals surface area contributed by atoms with Gasteiger partial charge in [0.05, 0.1) is 7.11 Å². The lowest BCUT2D eigenvalue weighted by Crippen LogP contribution is -2.36. The van der Waals surface area contributed by atoms with Crippen molar-refractivity contribution in [1.82, 2.24) is 0 Å². The number of fused-ring (bicyclic) bond motifs is 1. The van der Waals surface area contributed by atoms with Gasteiger partial charge in [-0.05, 0) is 39.2 Å². The van der Waals surface area contributed by atoms with Gasteiger partial charge in [-0.2, -0.15) is 0 Å². The molecule has 1 aromatic rings. The highest BCUT2D eigenvalue weighted by Gasteiger charge is 2.44. The van der Waals surface area contributed by atoms with Crippen LogP contribution in [0.4, 0.5) is 0 Å². The SMILES string of the molecule is COC(=O)C1(C)CCCc2sc(C)cc2C1=O. The second-order valence-corrected chi connectivity index (χ2v) is 6.04. The lowest BCUT2D eigenvalue weighted by molar-refractivity contribution is -0.149. The second kappa shape index (κ2) is 4.26. The van der Waals surface area contributed by atoms with E-state index in [1.165, 1.54) is 7.11 Å². The average Bonchev–Trinajstić information content (AvgIpc) is 2.63. The number of thiophene rings is 1. The zero-order chi connectivity index (χ0) is 12.6. The van der Waals surface area contributed by atoms with Gasteiger partial charge in [0.1, 0.15) is 5.41 Å². The quantitative estimate of drug-likeness (QED) is 0.438. The summed E-state index contributed by atoms with van der Waals surface area (Å²) in [7, 11) is 1.34. The van der Waals surface area contributed by atoms with Gasteiger partial charge in [-0.3, -0.25) is 9.59 Å². The van der Waals surface area contributed by atoms with Crippen LogP contribution in [0.5, 0.6) is 0 Å². The van der Waals surface area contributed by atoms with Crippen molar-refractivity contribution in [2.45, 2.75) is 33.1 Å². The van der Waals surface area contributed by atoms with E-state index in [0.717, 1.165) is 28.2 Å². The molecule has 1 atom stereocenters. The van der Waals surface area contributed by atoms with Gasteiger partial charge in [0.25, 0.3) is 0 Å². The van der Waals surface area contributed by atoms with Gasteiger partial charge in [-0.1, -0.05) is 0 Å². The standard InChI is InChI=1S/C13H16O3S/c1-8-7-9-10(17-8)5-4-6-13(2,11(9)14)12(15)16-3/h7H,4-6H2,1-3H3. The largest absolute Gasteiger partial charge is 0.468 e. The van der Waals surface area contributed by atoms with E-state index < -0.39 is 11.4 Å². The van der Waals surface area contributed by atoms with E-state index in [1.54, 1.807) is 18.3 Å². The van der Waals surface area contributed by atoms with Gasteiger partial charge in [-0.25, -0.2) is 0 Å². The van der Waals surface area contributed by atoms with Crippen LogP contribution in [0.25, 0.3) is 0 Å². The lowest BCUT2D eigenvalue weighted by Gasteiger charge is -2.22. The Morgan fingerprint density at radius 2 is 2.24 bits per heavy atom. The normalized spacial score (nSPS) is 24.1. The molecule has 0 aliphatic heterocycles. The number of Topliss-reactive ketones (excluding diaryl/α,β-unsaturated/α-hetero) is 1. The first kappa shape index (κ1) is 12.3. The van der Waals surface area contributed by atoms with E-state index in [0.29, 0.717) is 6.42 Å². The maximum Gasteiger partial charge on any atom is 0.319 e. The molecule has 0 N–H and O–H groups in total. The van der Waals surface area contributed by atoms with Crippen molar-refractivity contribution in [2.24, 2.45) is 5.41 Å². The summed E-state index contributed by atoms with van der Waals surface area (Å²) in [6, 6.07) is 1.90. The minimum absolute atomic E-state index is 0.0822. The third kappa shape index (κ3) is 1.90. The number of esters is 1. The second-order valence-electron chi connectivity index (χ2n) is 4.70. The van der Waals surface area contributed by atoms with E-state index in [9.17, 15) is 9.59 Å². The summed E-state index contributed by atoms with van der Waals surface area (Å²) in [4.78, 5) is 26.5. The Bertz CT molecular complexity index is 475. The van der Waals surface area contributed by atoms with Crippen LogP contribution in [0.2, 0.25) is 0 Å². The fourth-order valence-corrected chi connectivity index (χ4v) is 3.45. The van der Waals surface area contributed by atoms with Gasteiger partial charge >= 0.3 is 5.97 Å². The highest BCUT2D eigenvalue weighted by Crippen LogP contribution is 2.38. The molecule has 1 aliphatic carbocycles. The van der Waals surface area contributed by atoms with Gasteiger partial charge in [0.15, 0.2) is 5.78 Å². The molecule has 0 bridgehead atoms. The van der Waals surface area contributed by atoms with Crippen LogP contribution < -0.4 is 0 Å². The molecule has 1 heterocycles. The van der Waals surface area contributed by atoms with Crippen molar-refractivity contribution < 1.29 is 14.3 Å². The monoisotopic (exact) mass is 252 g/mol. The predicted octanol–water partition coefficient (Wildman–Crippen LogP) is 2.75. The van der Waals surface area contributed by atoms with Crippen molar-refractivity contribution in [1.29, 1.82) is 0 Å². The van der Waals surface area contributed by atoms with Crippen LogP contribution in [-0.4, -0.2) is 18.9 Å². The molecule has 0 radical (unpaired) electrons. The van der Waals surface area contributed by atoms with Crippen LogP contribution in [0.1, 0.15) is 39.9 Å². The fourth-order valence-electron chi connectivity index (χ4n) is 2.37. The lowest BCUT2D eigenvalue weighted by atomic mass is 9.80. The summed E-state index contributed by atoms with van der Waals surface area (Å²) in [5.74, 6) is -0.500. The van der Waals surface area contributed by atoms with Crippen LogP contribution in [-0.2, 0) is 16.0 Å². The van der Waals surface area contributed by atoms with E-state index in [4.69, 9.17) is 4.74 Å². The molecule has 17 heavy (non-hydrogen) atoms. The number of aryl methyl sites for hydroxylation is 2. The summed E-state index contributed by atoms with van der Waals surface area (Å²) in [6.45, 7) is 3.69. The molecule has 2 rings (SSSR count). The number of ketones is 1. The number of hydrogen-bond donors (Lipinski definition) is 0. The minimum Gasteiger partial charge on any atom is -0.468 e. The first-order valence-electron chi connectivity index (χ1n) is 5.71. The Kier molecular flexibility index (Phi) is 3.08. The predicted molar refractivity (Wildman–Crippen MR) is 66.4 cm³/mol. The van der Waals surface area contributed by atoms with Gasteiger partial charge in [0, 0.05) is 15.3 Å². The van der Waals surface area contributed by atoms with Crippen molar-refractivity contribution >= 4 is 23.1 Å². The molecule has 92 valence electrons. The summed E-state index contributed by atoms with van der Waals surface area (Å²) in [5, 5.41) is 0. The van der Waals surface area contributed by atoms with E-state index in [2.05, 4.69) is 0 Å². The topological polar surface area (TPSA) is 43.4 Å². The summed E-state index contributed by atoms with van der Waals surface area (Å²) in [6.07, 6.45) is 2.30. The molecule has 0 spiro atoms. The first-order chi connectivity index (χ1) is 7.99. The fraction of sp³-hybridized carbons (Fsp3) is 0.538. The zero-order valence-electron chi connectivity index (χ0n) is 10.3. The Balaban J connectivity index is 2.47. The molecule has 0 aromatic carbocycles. The van der Waals surface area contributed by atoms with Crippen molar-refractivity contribution in [3.8, 4) is 0 Å². The number of rotatable bonds is 1. The third-order valence-corrected chi connectivity index (χ3v) is 4.50. The van der Waals surface area contributed by atoms with Crippen molar-refractivity contribution in [3.63, 3.8) is 0 Å². The number of hydrogen-bond acceptors (Lipinski definition) is 4. The maximum absolute atomic E-state index is 12.5. The van der Waals surface area contributed by atoms with Crippen LogP contribution in [0.3, 0.4) is 0 Å². The van der Waals surface area contributed by atoms with Crippen molar-refractivity contribution in [2.75, 3.05) is 7.11 Å². The molecular weight excluding hydrogens is 236 g/mol. The van der Waals surface area contributed by atoms with Crippen LogP contribution >= 0.6 is 11.3 Å². The van der Waals surface area contributed by atoms with Gasteiger partial charge in [-0.15, -0.1) is 11.3 Å². The van der Waals surface area contributed by atoms with Crippen LogP contribution in [0.15, 0.2) is 6.07 Å². The van der Waals surface area contributed by atoms with Crippen LogP contribution in [0, 0.1) is 12.3 Å². The average molecular weight is 252 g/mol. The van der Waals surface area contributed by atoms with E-state index >= 15 is 0 Å². The molecule has 0 saturated carbocycles. The number of carbonyl (C=O) groups is 2. The molecule has 0 saturated heterocycles. The Morgan fingerprint density at radius 3 is 2.88 bits per heavy atom. The highest BCUT2D eigenvalue weighted by molar-refractivity contribution is 7.12. The number of methoxy groups -OCH3 is 1. The molecule has 0 fully saturated rings. The van der Waals surface area contributed by atoms with Gasteiger partial charge in [0.2, 0.25) is 0 Å². The molecule has 1 aliphatic rings. The molecule has 1 unspecified atom stereocenters. The van der Waals surface area contributed by atoms with E-state index in [-0.39, 0.29) is 5.78 Å². The molecule has 4 heteroatoms. The Hall–Kier alpha value is -1.16. The highest BCUT2D eigenvalue weighted by atomic mass is 32.1. The molecular formula is C13H16O3S. The summed E-state index contributed by atoms with van der Waals surface area (Å²) < 4.78 is 4.78. The zero-order valence-corrected chi connectivity index (χ0v) is 11.1. The maximum atomic E-state index is 12.5. The Morgan fingerprint density at radius 1 is 1.53 bits per heavy atom. The first-order valence-corrected chi connectivity index (χ1v) is 6.53. The number of carbonyl (C=O) groups excluding carboxylic acids is 2. The summed E-state index contributed by atoms with van der Waals surface area (Å²) >= 11 is 1.65. The molecule has 0 amide bonds. The molecule has 1 aromatic heterocycles. The van der Waals surface area contributed by atoms with Gasteiger partial charge < -0.3 is 4.74 Å². The van der Waals surface area contributed by atoms with Crippen molar-refractivity contribution in [3.05, 3.63) is 21.4 Å². The Labute approximate surface area is 105 Å².